The van der Waals surface area contributed by atoms with Crippen molar-refractivity contribution in [1.29, 1.82) is 0 Å². The molecule has 2 aromatic rings. The van der Waals surface area contributed by atoms with Crippen molar-refractivity contribution in [1.82, 2.24) is 5.32 Å². The van der Waals surface area contributed by atoms with Gasteiger partial charge in [0.2, 0.25) is 5.91 Å². The summed E-state index contributed by atoms with van der Waals surface area (Å²) in [4.78, 5) is 25.0. The molecule has 0 aliphatic rings. The van der Waals surface area contributed by atoms with Crippen LogP contribution >= 0.6 is 15.9 Å². The van der Waals surface area contributed by atoms with Crippen LogP contribution < -0.4 is 10.6 Å². The van der Waals surface area contributed by atoms with Gasteiger partial charge in [-0.3, -0.25) is 9.59 Å². The minimum atomic E-state index is -0.737. The van der Waals surface area contributed by atoms with E-state index in [0.29, 0.717) is 11.3 Å². The molecule has 2 rings (SSSR count). The van der Waals surface area contributed by atoms with Gasteiger partial charge < -0.3 is 10.6 Å². The molecule has 0 saturated carbocycles. The van der Waals surface area contributed by atoms with Crippen molar-refractivity contribution in [2.75, 3.05) is 5.32 Å². The van der Waals surface area contributed by atoms with Crippen LogP contribution in [0.25, 0.3) is 0 Å². The molecular weight excluding hydrogens is 387 g/mol. The third-order valence-corrected chi connectivity index (χ3v) is 4.33. The van der Waals surface area contributed by atoms with E-state index in [0.717, 1.165) is 10.0 Å². The van der Waals surface area contributed by atoms with Crippen LogP contribution in [0.15, 0.2) is 46.9 Å². The first-order valence-corrected chi connectivity index (χ1v) is 8.70. The first kappa shape index (κ1) is 19.1. The Morgan fingerprint density at radius 3 is 2.32 bits per heavy atom. The minimum Gasteiger partial charge on any atom is -0.340 e. The second kappa shape index (κ2) is 8.25. The summed E-state index contributed by atoms with van der Waals surface area (Å²) in [7, 11) is 0. The maximum Gasteiger partial charge on any atom is 0.251 e. The Kier molecular flexibility index (Phi) is 6.31. The van der Waals surface area contributed by atoms with Gasteiger partial charge in [0.1, 0.15) is 11.9 Å². The molecule has 4 nitrogen and oxygen atoms in total. The quantitative estimate of drug-likeness (QED) is 0.777. The molecule has 2 amide bonds. The fourth-order valence-electron chi connectivity index (χ4n) is 2.30. The third-order valence-electron chi connectivity index (χ3n) is 3.80. The number of anilines is 1. The highest BCUT2D eigenvalue weighted by atomic mass is 79.9. The molecule has 1 atom stereocenters. The number of rotatable bonds is 5. The van der Waals surface area contributed by atoms with Gasteiger partial charge in [0.15, 0.2) is 0 Å². The van der Waals surface area contributed by atoms with E-state index < -0.39 is 11.9 Å². The lowest BCUT2D eigenvalue weighted by molar-refractivity contribution is -0.118. The number of aryl methyl sites for hydroxylation is 1. The number of benzene rings is 2. The van der Waals surface area contributed by atoms with Crippen LogP contribution in [-0.2, 0) is 4.79 Å². The molecule has 1 unspecified atom stereocenters. The Bertz CT molecular complexity index is 775. The zero-order valence-corrected chi connectivity index (χ0v) is 15.9. The van der Waals surface area contributed by atoms with E-state index in [1.54, 1.807) is 37.3 Å². The van der Waals surface area contributed by atoms with Gasteiger partial charge in [-0.2, -0.15) is 0 Å². The Balaban J connectivity index is 2.14. The second-order valence-electron chi connectivity index (χ2n) is 6.15. The number of nitrogens with one attached hydrogen (secondary N) is 2. The molecule has 2 N–H and O–H groups in total. The molecule has 25 heavy (non-hydrogen) atoms. The number of hydrogen-bond donors (Lipinski definition) is 2. The standard InChI is InChI=1S/C19H20BrFN2O2/c1-11(2)17(23-18(24)13-5-7-14(20)8-6-13)19(25)22-16-10-15(21)9-4-12(16)3/h4-11,17H,1-3H3,(H,22,25)(H,23,24). The van der Waals surface area contributed by atoms with Crippen LogP contribution in [0.5, 0.6) is 0 Å². The summed E-state index contributed by atoms with van der Waals surface area (Å²) in [5, 5.41) is 5.44. The van der Waals surface area contributed by atoms with Gasteiger partial charge in [-0.25, -0.2) is 4.39 Å². The molecule has 0 heterocycles. The largest absolute Gasteiger partial charge is 0.340 e. The summed E-state index contributed by atoms with van der Waals surface area (Å²) >= 11 is 3.32. The fourth-order valence-corrected chi connectivity index (χ4v) is 2.56. The molecule has 0 aliphatic heterocycles. The van der Waals surface area contributed by atoms with Crippen LogP contribution in [0.1, 0.15) is 29.8 Å². The smallest absolute Gasteiger partial charge is 0.251 e. The van der Waals surface area contributed by atoms with E-state index in [1.807, 2.05) is 13.8 Å². The van der Waals surface area contributed by atoms with Crippen LogP contribution in [0, 0.1) is 18.7 Å². The topological polar surface area (TPSA) is 58.2 Å². The number of hydrogen-bond acceptors (Lipinski definition) is 2. The summed E-state index contributed by atoms with van der Waals surface area (Å²) in [6.45, 7) is 5.45. The van der Waals surface area contributed by atoms with Crippen molar-refractivity contribution < 1.29 is 14.0 Å². The monoisotopic (exact) mass is 406 g/mol. The maximum atomic E-state index is 13.4. The molecule has 0 spiro atoms. The molecule has 0 aliphatic carbocycles. The summed E-state index contributed by atoms with van der Waals surface area (Å²) in [5.41, 5.74) is 1.61. The Morgan fingerprint density at radius 1 is 1.08 bits per heavy atom. The van der Waals surface area contributed by atoms with Crippen molar-refractivity contribution in [2.45, 2.75) is 26.8 Å². The maximum absolute atomic E-state index is 13.4. The second-order valence-corrected chi connectivity index (χ2v) is 7.07. The number of halogens is 2. The van der Waals surface area contributed by atoms with Crippen LogP contribution in [-0.4, -0.2) is 17.9 Å². The average molecular weight is 407 g/mol. The van der Waals surface area contributed by atoms with Gasteiger partial charge >= 0.3 is 0 Å². The van der Waals surface area contributed by atoms with Crippen LogP contribution in [0.2, 0.25) is 0 Å². The minimum absolute atomic E-state index is 0.131. The van der Waals surface area contributed by atoms with E-state index in [4.69, 9.17) is 0 Å². The fraction of sp³-hybridized carbons (Fsp3) is 0.263. The Morgan fingerprint density at radius 2 is 1.72 bits per heavy atom. The molecule has 2 aromatic carbocycles. The summed E-state index contributed by atoms with van der Waals surface area (Å²) in [5.74, 6) is -1.28. The normalized spacial score (nSPS) is 11.9. The predicted molar refractivity (Wildman–Crippen MR) is 100 cm³/mol. The number of amides is 2. The lowest BCUT2D eigenvalue weighted by atomic mass is 10.0. The predicted octanol–water partition coefficient (Wildman–Crippen LogP) is 4.29. The Labute approximate surface area is 154 Å². The molecular formula is C19H20BrFN2O2. The van der Waals surface area contributed by atoms with E-state index in [1.165, 1.54) is 12.1 Å². The van der Waals surface area contributed by atoms with Crippen molar-refractivity contribution in [3.05, 3.63) is 63.9 Å². The zero-order chi connectivity index (χ0) is 18.6. The highest BCUT2D eigenvalue weighted by Gasteiger charge is 2.25. The molecule has 0 fully saturated rings. The Hall–Kier alpha value is -2.21. The molecule has 0 aromatic heterocycles. The third kappa shape index (κ3) is 5.13. The van der Waals surface area contributed by atoms with Gasteiger partial charge in [0, 0.05) is 15.7 Å². The highest BCUT2D eigenvalue weighted by Crippen LogP contribution is 2.17. The average Bonchev–Trinajstić information content (AvgIpc) is 2.56. The van der Waals surface area contributed by atoms with Crippen molar-refractivity contribution in [3.8, 4) is 0 Å². The summed E-state index contributed by atoms with van der Waals surface area (Å²) in [6, 6.07) is 10.3. The van der Waals surface area contributed by atoms with Gasteiger partial charge in [0.25, 0.3) is 5.91 Å². The van der Waals surface area contributed by atoms with Gasteiger partial charge in [-0.1, -0.05) is 35.8 Å². The van der Waals surface area contributed by atoms with Crippen LogP contribution in [0.3, 0.4) is 0 Å². The number of carbonyl (C=O) groups excluding carboxylic acids is 2. The lowest BCUT2D eigenvalue weighted by Gasteiger charge is -2.22. The zero-order valence-electron chi connectivity index (χ0n) is 14.3. The van der Waals surface area contributed by atoms with Gasteiger partial charge in [0.05, 0.1) is 0 Å². The molecule has 0 saturated heterocycles. The van der Waals surface area contributed by atoms with Gasteiger partial charge in [-0.05, 0) is 54.8 Å². The van der Waals surface area contributed by atoms with E-state index in [9.17, 15) is 14.0 Å². The first-order chi connectivity index (χ1) is 11.8. The molecule has 0 bridgehead atoms. The molecule has 6 heteroatoms. The van der Waals surface area contributed by atoms with E-state index in [2.05, 4.69) is 26.6 Å². The van der Waals surface area contributed by atoms with E-state index >= 15 is 0 Å². The van der Waals surface area contributed by atoms with Crippen molar-refractivity contribution in [2.24, 2.45) is 5.92 Å². The van der Waals surface area contributed by atoms with E-state index in [-0.39, 0.29) is 17.7 Å². The lowest BCUT2D eigenvalue weighted by Crippen LogP contribution is -2.47. The van der Waals surface area contributed by atoms with Gasteiger partial charge in [-0.15, -0.1) is 0 Å². The number of carbonyl (C=O) groups is 2. The molecule has 132 valence electrons. The SMILES string of the molecule is Cc1ccc(F)cc1NC(=O)C(NC(=O)c1ccc(Br)cc1)C(C)C. The summed E-state index contributed by atoms with van der Waals surface area (Å²) < 4.78 is 14.3. The molecule has 0 radical (unpaired) electrons. The van der Waals surface area contributed by atoms with Crippen LogP contribution in [0.4, 0.5) is 10.1 Å². The van der Waals surface area contributed by atoms with Crippen molar-refractivity contribution >= 4 is 33.4 Å². The first-order valence-electron chi connectivity index (χ1n) is 7.91. The highest BCUT2D eigenvalue weighted by molar-refractivity contribution is 9.10. The van der Waals surface area contributed by atoms with Crippen molar-refractivity contribution in [3.63, 3.8) is 0 Å². The summed E-state index contributed by atoms with van der Waals surface area (Å²) in [6.07, 6.45) is 0.